The van der Waals surface area contributed by atoms with Crippen LogP contribution in [0.5, 0.6) is 0 Å². The minimum Gasteiger partial charge on any atom is -0.367 e. The number of hydrogen-bond donors (Lipinski definition) is 1. The third kappa shape index (κ3) is 2.62. The molecular weight excluding hydrogens is 243 g/mol. The largest absolute Gasteiger partial charge is 0.367 e. The van der Waals surface area contributed by atoms with E-state index in [1.807, 2.05) is 18.2 Å². The first kappa shape index (κ1) is 12.0. The van der Waals surface area contributed by atoms with Crippen LogP contribution in [0.3, 0.4) is 0 Å². The van der Waals surface area contributed by atoms with Gasteiger partial charge in [-0.05, 0) is 38.1 Å². The second-order valence-electron chi connectivity index (χ2n) is 4.20. The molecule has 1 aromatic carbocycles. The monoisotopic (exact) mass is 258 g/mol. The Hall–Kier alpha value is -0.440. The molecule has 0 aliphatic carbocycles. The van der Waals surface area contributed by atoms with Crippen molar-refractivity contribution in [3.8, 4) is 0 Å². The average Bonchev–Trinajstić information content (AvgIpc) is 2.47. The van der Waals surface area contributed by atoms with E-state index >= 15 is 0 Å². The van der Waals surface area contributed by atoms with Gasteiger partial charge in [0.2, 0.25) is 0 Å². The molecule has 0 spiro atoms. The zero-order chi connectivity index (χ0) is 11.5. The molecule has 1 N–H and O–H groups in total. The highest BCUT2D eigenvalue weighted by atomic mass is 35.5. The number of nitrogens with one attached hydrogen (secondary N) is 1. The molecule has 1 unspecified atom stereocenters. The van der Waals surface area contributed by atoms with Crippen LogP contribution >= 0.6 is 23.2 Å². The van der Waals surface area contributed by atoms with Gasteiger partial charge in [0.1, 0.15) is 0 Å². The molecule has 1 saturated heterocycles. The third-order valence-corrected chi connectivity index (χ3v) is 3.70. The number of rotatable bonds is 1. The molecule has 88 valence electrons. The quantitative estimate of drug-likeness (QED) is 0.833. The highest BCUT2D eigenvalue weighted by Gasteiger charge is 2.17. The van der Waals surface area contributed by atoms with Crippen LogP contribution in [-0.4, -0.2) is 25.7 Å². The predicted molar refractivity (Wildman–Crippen MR) is 70.8 cm³/mol. The molecule has 2 rings (SSSR count). The highest BCUT2D eigenvalue weighted by molar-refractivity contribution is 6.42. The van der Waals surface area contributed by atoms with Crippen LogP contribution in [0.1, 0.15) is 13.3 Å². The van der Waals surface area contributed by atoms with Crippen molar-refractivity contribution in [2.24, 2.45) is 0 Å². The normalized spacial score (nSPS) is 21.9. The summed E-state index contributed by atoms with van der Waals surface area (Å²) in [6.45, 7) is 5.38. The number of benzene rings is 1. The molecule has 1 fully saturated rings. The Morgan fingerprint density at radius 3 is 2.88 bits per heavy atom. The second-order valence-corrected chi connectivity index (χ2v) is 5.01. The molecule has 16 heavy (non-hydrogen) atoms. The van der Waals surface area contributed by atoms with Crippen molar-refractivity contribution >= 4 is 28.9 Å². The van der Waals surface area contributed by atoms with Gasteiger partial charge in [0.15, 0.2) is 0 Å². The van der Waals surface area contributed by atoms with Crippen molar-refractivity contribution in [3.63, 3.8) is 0 Å². The van der Waals surface area contributed by atoms with Crippen LogP contribution in [-0.2, 0) is 0 Å². The average molecular weight is 259 g/mol. The van der Waals surface area contributed by atoms with Crippen LogP contribution in [0, 0.1) is 0 Å². The molecule has 1 aliphatic rings. The minimum absolute atomic E-state index is 0.486. The van der Waals surface area contributed by atoms with Crippen molar-refractivity contribution < 1.29 is 0 Å². The van der Waals surface area contributed by atoms with Crippen molar-refractivity contribution in [1.82, 2.24) is 5.32 Å². The van der Waals surface area contributed by atoms with Gasteiger partial charge < -0.3 is 10.2 Å². The van der Waals surface area contributed by atoms with Gasteiger partial charge in [-0.25, -0.2) is 0 Å². The Morgan fingerprint density at radius 2 is 2.12 bits per heavy atom. The first-order chi connectivity index (χ1) is 7.68. The number of nitrogens with zero attached hydrogens (tertiary/aromatic N) is 1. The van der Waals surface area contributed by atoms with Gasteiger partial charge in [0, 0.05) is 24.8 Å². The third-order valence-electron chi connectivity index (χ3n) is 2.96. The molecule has 4 heteroatoms. The predicted octanol–water partition coefficient (Wildman–Crippen LogP) is 3.18. The molecule has 0 amide bonds. The smallest absolute Gasteiger partial charge is 0.0612 e. The van der Waals surface area contributed by atoms with E-state index in [4.69, 9.17) is 23.2 Å². The first-order valence-electron chi connectivity index (χ1n) is 5.61. The molecule has 0 radical (unpaired) electrons. The molecular formula is C12H16Cl2N2. The van der Waals surface area contributed by atoms with E-state index in [1.54, 1.807) is 0 Å². The number of hydrogen-bond acceptors (Lipinski definition) is 2. The SMILES string of the molecule is CC1CNCCCN1c1ccc(Cl)c(Cl)c1. The summed E-state index contributed by atoms with van der Waals surface area (Å²) in [5.41, 5.74) is 1.16. The summed E-state index contributed by atoms with van der Waals surface area (Å²) in [4.78, 5) is 2.38. The number of halogens is 2. The van der Waals surface area contributed by atoms with E-state index in [0.29, 0.717) is 16.1 Å². The summed E-state index contributed by atoms with van der Waals surface area (Å²) >= 11 is 12.0. The Balaban J connectivity index is 2.23. The maximum Gasteiger partial charge on any atom is 0.0612 e. The maximum atomic E-state index is 6.05. The lowest BCUT2D eigenvalue weighted by molar-refractivity contribution is 0.630. The van der Waals surface area contributed by atoms with Crippen LogP contribution in [0.25, 0.3) is 0 Å². The number of anilines is 1. The van der Waals surface area contributed by atoms with Gasteiger partial charge in [-0.15, -0.1) is 0 Å². The summed E-state index contributed by atoms with van der Waals surface area (Å²) in [6.07, 6.45) is 1.16. The summed E-state index contributed by atoms with van der Waals surface area (Å²) in [6, 6.07) is 6.34. The zero-order valence-corrected chi connectivity index (χ0v) is 10.9. The van der Waals surface area contributed by atoms with Crippen LogP contribution in [0.4, 0.5) is 5.69 Å². The zero-order valence-electron chi connectivity index (χ0n) is 9.34. The molecule has 0 aromatic heterocycles. The highest BCUT2D eigenvalue weighted by Crippen LogP contribution is 2.28. The van der Waals surface area contributed by atoms with E-state index < -0.39 is 0 Å². The molecule has 0 saturated carbocycles. The molecule has 1 aromatic rings. The topological polar surface area (TPSA) is 15.3 Å². The maximum absolute atomic E-state index is 6.05. The molecule has 1 heterocycles. The Labute approximate surface area is 107 Å². The van der Waals surface area contributed by atoms with E-state index in [0.717, 1.165) is 31.7 Å². The molecule has 2 nitrogen and oxygen atoms in total. The fraction of sp³-hybridized carbons (Fsp3) is 0.500. The summed E-state index contributed by atoms with van der Waals surface area (Å²) < 4.78 is 0. The van der Waals surface area contributed by atoms with E-state index in [-0.39, 0.29) is 0 Å². The van der Waals surface area contributed by atoms with Gasteiger partial charge in [0.25, 0.3) is 0 Å². The minimum atomic E-state index is 0.486. The van der Waals surface area contributed by atoms with Crippen molar-refractivity contribution in [2.45, 2.75) is 19.4 Å². The molecule has 0 bridgehead atoms. The van der Waals surface area contributed by atoms with Crippen LogP contribution in [0.2, 0.25) is 10.0 Å². The van der Waals surface area contributed by atoms with Gasteiger partial charge >= 0.3 is 0 Å². The van der Waals surface area contributed by atoms with Gasteiger partial charge in [-0.1, -0.05) is 23.2 Å². The Kier molecular flexibility index (Phi) is 3.95. The Morgan fingerprint density at radius 1 is 1.31 bits per heavy atom. The summed E-state index contributed by atoms with van der Waals surface area (Å²) in [7, 11) is 0. The first-order valence-corrected chi connectivity index (χ1v) is 6.36. The van der Waals surface area contributed by atoms with E-state index in [9.17, 15) is 0 Å². The standard InChI is InChI=1S/C12H16Cl2N2/c1-9-8-15-5-2-6-16(9)10-3-4-11(13)12(14)7-10/h3-4,7,9,15H,2,5-6,8H2,1H3. The van der Waals surface area contributed by atoms with Crippen molar-refractivity contribution in [3.05, 3.63) is 28.2 Å². The lowest BCUT2D eigenvalue weighted by atomic mass is 10.2. The van der Waals surface area contributed by atoms with Crippen molar-refractivity contribution in [2.75, 3.05) is 24.5 Å². The lowest BCUT2D eigenvalue weighted by Gasteiger charge is -2.29. The van der Waals surface area contributed by atoms with Crippen LogP contribution in [0.15, 0.2) is 18.2 Å². The van der Waals surface area contributed by atoms with Crippen LogP contribution < -0.4 is 10.2 Å². The second kappa shape index (κ2) is 5.26. The fourth-order valence-corrected chi connectivity index (χ4v) is 2.36. The molecule has 1 atom stereocenters. The van der Waals surface area contributed by atoms with Gasteiger partial charge in [0.05, 0.1) is 10.0 Å². The van der Waals surface area contributed by atoms with Gasteiger partial charge in [-0.3, -0.25) is 0 Å². The van der Waals surface area contributed by atoms with E-state index in [2.05, 4.69) is 17.1 Å². The fourth-order valence-electron chi connectivity index (χ4n) is 2.06. The van der Waals surface area contributed by atoms with Gasteiger partial charge in [-0.2, -0.15) is 0 Å². The van der Waals surface area contributed by atoms with E-state index in [1.165, 1.54) is 0 Å². The lowest BCUT2D eigenvalue weighted by Crippen LogP contribution is -2.37. The Bertz CT molecular complexity index is 368. The summed E-state index contributed by atoms with van der Waals surface area (Å²) in [5, 5.41) is 4.67. The van der Waals surface area contributed by atoms with Crippen molar-refractivity contribution in [1.29, 1.82) is 0 Å². The molecule has 1 aliphatic heterocycles. The summed E-state index contributed by atoms with van der Waals surface area (Å²) in [5.74, 6) is 0.